The molecule has 1 N–H and O–H groups in total. The standard InChI is InChI=1S/C13H10ClF2NO/c14-9-2-1-5-17-13(9)12(18)7-8-3-4-10(15)11(16)6-8/h1-6,12,18H,7H2. The van der Waals surface area contributed by atoms with Gasteiger partial charge in [0.2, 0.25) is 0 Å². The number of nitrogens with zero attached hydrogens (tertiary/aromatic N) is 1. The van der Waals surface area contributed by atoms with Crippen LogP contribution < -0.4 is 0 Å². The monoisotopic (exact) mass is 269 g/mol. The number of aliphatic hydroxyl groups is 1. The number of halogens is 3. The Hall–Kier alpha value is -1.52. The summed E-state index contributed by atoms with van der Waals surface area (Å²) in [4.78, 5) is 3.96. The van der Waals surface area contributed by atoms with Gasteiger partial charge in [0.25, 0.3) is 0 Å². The number of aliphatic hydroxyl groups excluding tert-OH is 1. The third-order valence-corrected chi connectivity index (χ3v) is 2.84. The molecule has 94 valence electrons. The van der Waals surface area contributed by atoms with Crippen LogP contribution in [-0.4, -0.2) is 10.1 Å². The maximum absolute atomic E-state index is 13.0. The molecule has 0 aliphatic heterocycles. The van der Waals surface area contributed by atoms with Crippen molar-refractivity contribution in [1.29, 1.82) is 0 Å². The Morgan fingerprint density at radius 3 is 2.67 bits per heavy atom. The lowest BCUT2D eigenvalue weighted by Crippen LogP contribution is -2.05. The Bertz CT molecular complexity index is 562. The van der Waals surface area contributed by atoms with Crippen molar-refractivity contribution >= 4 is 11.6 Å². The highest BCUT2D eigenvalue weighted by molar-refractivity contribution is 6.31. The second-order valence-corrected chi connectivity index (χ2v) is 4.25. The summed E-state index contributed by atoms with van der Waals surface area (Å²) < 4.78 is 25.8. The summed E-state index contributed by atoms with van der Waals surface area (Å²) >= 11 is 5.89. The van der Waals surface area contributed by atoms with Crippen LogP contribution in [0.5, 0.6) is 0 Å². The molecule has 18 heavy (non-hydrogen) atoms. The number of hydrogen-bond donors (Lipinski definition) is 1. The van der Waals surface area contributed by atoms with Crippen molar-refractivity contribution in [2.75, 3.05) is 0 Å². The summed E-state index contributed by atoms with van der Waals surface area (Å²) in [5.41, 5.74) is 0.798. The SMILES string of the molecule is OC(Cc1ccc(F)c(F)c1)c1ncccc1Cl. The van der Waals surface area contributed by atoms with Crippen LogP contribution in [0.2, 0.25) is 5.02 Å². The second kappa shape index (κ2) is 5.42. The predicted octanol–water partition coefficient (Wildman–Crippen LogP) is 3.29. The molecule has 1 atom stereocenters. The topological polar surface area (TPSA) is 33.1 Å². The number of hydrogen-bond acceptors (Lipinski definition) is 2. The van der Waals surface area contributed by atoms with Crippen molar-refractivity contribution in [1.82, 2.24) is 4.98 Å². The molecule has 0 saturated heterocycles. The zero-order chi connectivity index (χ0) is 13.1. The van der Waals surface area contributed by atoms with E-state index in [9.17, 15) is 13.9 Å². The van der Waals surface area contributed by atoms with Crippen molar-refractivity contribution in [3.8, 4) is 0 Å². The first-order valence-electron chi connectivity index (χ1n) is 5.30. The molecular formula is C13H10ClF2NO. The average molecular weight is 270 g/mol. The Labute approximate surface area is 108 Å². The average Bonchev–Trinajstić information content (AvgIpc) is 2.34. The zero-order valence-electron chi connectivity index (χ0n) is 9.28. The zero-order valence-corrected chi connectivity index (χ0v) is 10.0. The van der Waals surface area contributed by atoms with E-state index < -0.39 is 17.7 Å². The van der Waals surface area contributed by atoms with Crippen LogP contribution in [0.1, 0.15) is 17.4 Å². The molecule has 2 nitrogen and oxygen atoms in total. The quantitative estimate of drug-likeness (QED) is 0.927. The second-order valence-electron chi connectivity index (χ2n) is 3.84. The molecular weight excluding hydrogens is 260 g/mol. The molecule has 0 saturated carbocycles. The van der Waals surface area contributed by atoms with Crippen molar-refractivity contribution in [3.05, 3.63) is 64.4 Å². The number of aromatic nitrogens is 1. The van der Waals surface area contributed by atoms with E-state index in [1.165, 1.54) is 12.3 Å². The van der Waals surface area contributed by atoms with Crippen LogP contribution in [0.3, 0.4) is 0 Å². The number of benzene rings is 1. The highest BCUT2D eigenvalue weighted by atomic mass is 35.5. The van der Waals surface area contributed by atoms with Gasteiger partial charge in [-0.2, -0.15) is 0 Å². The molecule has 1 heterocycles. The van der Waals surface area contributed by atoms with Crippen LogP contribution in [0, 0.1) is 11.6 Å². The summed E-state index contributed by atoms with van der Waals surface area (Å²) in [6.45, 7) is 0. The molecule has 0 aliphatic carbocycles. The number of pyridine rings is 1. The third kappa shape index (κ3) is 2.83. The lowest BCUT2D eigenvalue weighted by molar-refractivity contribution is 0.173. The molecule has 0 spiro atoms. The fraction of sp³-hybridized carbons (Fsp3) is 0.154. The lowest BCUT2D eigenvalue weighted by Gasteiger charge is -2.11. The summed E-state index contributed by atoms with van der Waals surface area (Å²) in [5.74, 6) is -1.85. The summed E-state index contributed by atoms with van der Waals surface area (Å²) in [6, 6.07) is 6.75. The molecule has 1 unspecified atom stereocenters. The molecule has 1 aromatic heterocycles. The van der Waals surface area contributed by atoms with Crippen molar-refractivity contribution in [2.24, 2.45) is 0 Å². The molecule has 0 radical (unpaired) electrons. The minimum Gasteiger partial charge on any atom is -0.386 e. The van der Waals surface area contributed by atoms with E-state index >= 15 is 0 Å². The third-order valence-electron chi connectivity index (χ3n) is 2.52. The Kier molecular flexibility index (Phi) is 3.89. The van der Waals surface area contributed by atoms with Crippen molar-refractivity contribution in [2.45, 2.75) is 12.5 Å². The van der Waals surface area contributed by atoms with Crippen LogP contribution in [0.25, 0.3) is 0 Å². The van der Waals surface area contributed by atoms with Crippen molar-refractivity contribution in [3.63, 3.8) is 0 Å². The smallest absolute Gasteiger partial charge is 0.159 e. The Morgan fingerprint density at radius 1 is 1.22 bits per heavy atom. The Balaban J connectivity index is 2.19. The van der Waals surface area contributed by atoms with Crippen molar-refractivity contribution < 1.29 is 13.9 Å². The summed E-state index contributed by atoms with van der Waals surface area (Å²) in [6.07, 6.45) is 0.674. The van der Waals surface area contributed by atoms with Gasteiger partial charge in [0.1, 0.15) is 6.10 Å². The van der Waals surface area contributed by atoms with Gasteiger partial charge in [-0.1, -0.05) is 17.7 Å². The van der Waals surface area contributed by atoms with E-state index in [2.05, 4.69) is 4.98 Å². The molecule has 0 fully saturated rings. The molecule has 1 aromatic carbocycles. The van der Waals surface area contributed by atoms with Crippen LogP contribution in [-0.2, 0) is 6.42 Å². The highest BCUT2D eigenvalue weighted by Gasteiger charge is 2.14. The lowest BCUT2D eigenvalue weighted by atomic mass is 10.0. The summed E-state index contributed by atoms with van der Waals surface area (Å²) in [7, 11) is 0. The predicted molar refractivity (Wildman–Crippen MR) is 64.3 cm³/mol. The van der Waals surface area contributed by atoms with Gasteiger partial charge in [0.05, 0.1) is 10.7 Å². The van der Waals surface area contributed by atoms with E-state index in [1.807, 2.05) is 0 Å². The maximum atomic E-state index is 13.0. The molecule has 0 amide bonds. The molecule has 5 heteroatoms. The van der Waals surface area contributed by atoms with E-state index in [0.29, 0.717) is 16.3 Å². The van der Waals surface area contributed by atoms with E-state index in [1.54, 1.807) is 12.1 Å². The maximum Gasteiger partial charge on any atom is 0.159 e. The summed E-state index contributed by atoms with van der Waals surface area (Å²) in [5, 5.41) is 10.3. The largest absolute Gasteiger partial charge is 0.386 e. The number of rotatable bonds is 3. The van der Waals surface area contributed by atoms with Crippen LogP contribution in [0.15, 0.2) is 36.5 Å². The van der Waals surface area contributed by atoms with Gasteiger partial charge in [-0.25, -0.2) is 8.78 Å². The first-order valence-corrected chi connectivity index (χ1v) is 5.68. The van der Waals surface area contributed by atoms with Gasteiger partial charge in [-0.3, -0.25) is 4.98 Å². The van der Waals surface area contributed by atoms with E-state index in [-0.39, 0.29) is 6.42 Å². The van der Waals surface area contributed by atoms with Gasteiger partial charge >= 0.3 is 0 Å². The highest BCUT2D eigenvalue weighted by Crippen LogP contribution is 2.23. The van der Waals surface area contributed by atoms with Crippen LogP contribution in [0.4, 0.5) is 8.78 Å². The van der Waals surface area contributed by atoms with Gasteiger partial charge in [0.15, 0.2) is 11.6 Å². The molecule has 2 rings (SSSR count). The molecule has 0 bridgehead atoms. The van der Waals surface area contributed by atoms with E-state index in [4.69, 9.17) is 11.6 Å². The first-order chi connectivity index (χ1) is 8.58. The van der Waals surface area contributed by atoms with Gasteiger partial charge < -0.3 is 5.11 Å². The van der Waals surface area contributed by atoms with Gasteiger partial charge in [-0.05, 0) is 29.8 Å². The molecule has 2 aromatic rings. The molecule has 0 aliphatic rings. The fourth-order valence-corrected chi connectivity index (χ4v) is 1.88. The normalized spacial score (nSPS) is 12.4. The first kappa shape index (κ1) is 12.9. The van der Waals surface area contributed by atoms with Gasteiger partial charge in [-0.15, -0.1) is 0 Å². The fourth-order valence-electron chi connectivity index (χ4n) is 1.63. The minimum atomic E-state index is -0.955. The minimum absolute atomic E-state index is 0.119. The van der Waals surface area contributed by atoms with Crippen LogP contribution >= 0.6 is 11.6 Å². The van der Waals surface area contributed by atoms with E-state index in [0.717, 1.165) is 12.1 Å². The van der Waals surface area contributed by atoms with Gasteiger partial charge in [0, 0.05) is 12.6 Å². The Morgan fingerprint density at radius 2 is 2.00 bits per heavy atom.